The molecule has 3 aromatic carbocycles. The molecular weight excluding hydrogens is 513 g/mol. The Morgan fingerprint density at radius 1 is 0.929 bits per heavy atom. The van der Waals surface area contributed by atoms with Gasteiger partial charge in [-0.05, 0) is 114 Å². The van der Waals surface area contributed by atoms with E-state index in [-0.39, 0.29) is 11.9 Å². The Morgan fingerprint density at radius 3 is 2.62 bits per heavy atom. The Labute approximate surface area is 249 Å². The molecule has 0 fully saturated rings. The highest BCUT2D eigenvalue weighted by molar-refractivity contribution is 5.88. The monoisotopic (exact) mass is 549 g/mol. The van der Waals surface area contributed by atoms with Gasteiger partial charge < -0.3 is 4.90 Å². The highest BCUT2D eigenvalue weighted by Crippen LogP contribution is 2.50. The molecule has 0 spiro atoms. The van der Waals surface area contributed by atoms with Crippen molar-refractivity contribution in [2.75, 3.05) is 4.90 Å². The lowest BCUT2D eigenvalue weighted by molar-refractivity contribution is 0.626. The summed E-state index contributed by atoms with van der Waals surface area (Å²) in [6, 6.07) is 22.9. The van der Waals surface area contributed by atoms with Crippen molar-refractivity contribution >= 4 is 16.8 Å². The molecule has 2 bridgehead atoms. The van der Waals surface area contributed by atoms with Crippen molar-refractivity contribution in [1.82, 2.24) is 0 Å². The molecule has 0 amide bonds. The summed E-state index contributed by atoms with van der Waals surface area (Å²) in [4.78, 5) is 2.37. The summed E-state index contributed by atoms with van der Waals surface area (Å²) in [6.07, 6.45) is 22.7. The van der Waals surface area contributed by atoms with Gasteiger partial charge in [-0.25, -0.2) is 4.39 Å². The molecule has 0 N–H and O–H groups in total. The molecule has 4 aliphatic carbocycles. The Morgan fingerprint density at radius 2 is 1.76 bits per heavy atom. The van der Waals surface area contributed by atoms with Gasteiger partial charge in [0.25, 0.3) is 0 Å². The van der Waals surface area contributed by atoms with Crippen molar-refractivity contribution in [2.45, 2.75) is 51.0 Å². The first-order chi connectivity index (χ1) is 20.6. The number of rotatable bonds is 5. The molecule has 0 radical (unpaired) electrons. The molecule has 3 aromatic rings. The van der Waals surface area contributed by atoms with Crippen LogP contribution in [0.5, 0.6) is 0 Å². The smallest absolute Gasteiger partial charge is 0.123 e. The lowest BCUT2D eigenvalue weighted by atomic mass is 9.82. The number of hydrogen-bond acceptors (Lipinski definition) is 1. The normalized spacial score (nSPS) is 22.6. The van der Waals surface area contributed by atoms with Crippen molar-refractivity contribution in [3.05, 3.63) is 172 Å². The third kappa shape index (κ3) is 4.65. The maximum absolute atomic E-state index is 14.0. The highest BCUT2D eigenvalue weighted by Gasteiger charge is 2.34. The second-order valence-electron chi connectivity index (χ2n) is 11.7. The van der Waals surface area contributed by atoms with Gasteiger partial charge in [0.1, 0.15) is 5.82 Å². The van der Waals surface area contributed by atoms with Gasteiger partial charge in [-0.2, -0.15) is 0 Å². The van der Waals surface area contributed by atoms with Crippen LogP contribution >= 0.6 is 0 Å². The fraction of sp³-hybridized carbons (Fsp3) is 0.200. The first-order valence-corrected chi connectivity index (χ1v) is 15.1. The summed E-state index contributed by atoms with van der Waals surface area (Å²) >= 11 is 0. The fourth-order valence-electron chi connectivity index (χ4n) is 7.43. The first kappa shape index (κ1) is 26.5. The predicted octanol–water partition coefficient (Wildman–Crippen LogP) is 10.1. The van der Waals surface area contributed by atoms with E-state index in [2.05, 4.69) is 109 Å². The number of allylic oxidation sites excluding steroid dienone is 12. The minimum absolute atomic E-state index is 0.166. The third-order valence-corrected chi connectivity index (χ3v) is 9.32. The molecule has 4 aliphatic rings. The van der Waals surface area contributed by atoms with Crippen LogP contribution in [0.4, 0.5) is 10.1 Å². The van der Waals surface area contributed by atoms with Gasteiger partial charge in [-0.15, -0.1) is 0 Å². The zero-order valence-electron chi connectivity index (χ0n) is 24.2. The zero-order valence-corrected chi connectivity index (χ0v) is 24.2. The molecule has 1 nitrogen and oxygen atoms in total. The average molecular weight is 550 g/mol. The van der Waals surface area contributed by atoms with Crippen LogP contribution in [0.2, 0.25) is 0 Å². The molecule has 2 unspecified atom stereocenters. The van der Waals surface area contributed by atoms with E-state index in [0.29, 0.717) is 5.92 Å². The third-order valence-electron chi connectivity index (χ3n) is 9.32. The average Bonchev–Trinajstić information content (AvgIpc) is 3.19. The Hall–Kier alpha value is -4.43. The zero-order chi connectivity index (χ0) is 28.6. The van der Waals surface area contributed by atoms with Gasteiger partial charge in [-0.1, -0.05) is 97.1 Å². The summed E-state index contributed by atoms with van der Waals surface area (Å²) in [5, 5.41) is 0. The second kappa shape index (κ2) is 11.1. The molecule has 7 rings (SSSR count). The first-order valence-electron chi connectivity index (χ1n) is 15.1. The molecule has 2 heteroatoms. The molecule has 0 saturated carbocycles. The van der Waals surface area contributed by atoms with Crippen LogP contribution in [-0.2, 0) is 12.8 Å². The standard InChI is InChI=1S/C40H36FN/c1-3-33-29(24-27(2)42(31-13-6-4-5-7-14-31)32-22-20-30(41)21-23-32)25-28-12-8-9-15-34(28)36-17-11-19-38-37-18-10-16-35(33)39(37)26-40(36)38/h3-6,8-13,15-18,20-24,31,38H,1,7,14,19,25-26H2,2H3/b27-24+,33-29-. The van der Waals surface area contributed by atoms with E-state index in [1.165, 1.54) is 44.5 Å². The lowest BCUT2D eigenvalue weighted by Crippen LogP contribution is -2.32. The maximum atomic E-state index is 14.0. The van der Waals surface area contributed by atoms with Crippen LogP contribution in [0, 0.1) is 5.82 Å². The van der Waals surface area contributed by atoms with E-state index < -0.39 is 0 Å². The van der Waals surface area contributed by atoms with E-state index in [1.54, 1.807) is 17.7 Å². The second-order valence-corrected chi connectivity index (χ2v) is 11.7. The van der Waals surface area contributed by atoms with Crippen LogP contribution in [0.25, 0.3) is 11.1 Å². The van der Waals surface area contributed by atoms with Crippen LogP contribution in [0.1, 0.15) is 59.9 Å². The van der Waals surface area contributed by atoms with Crippen molar-refractivity contribution < 1.29 is 4.39 Å². The van der Waals surface area contributed by atoms with Crippen molar-refractivity contribution in [3.8, 4) is 0 Å². The molecule has 0 aromatic heterocycles. The van der Waals surface area contributed by atoms with Gasteiger partial charge in [0.2, 0.25) is 0 Å². The molecule has 0 heterocycles. The predicted molar refractivity (Wildman–Crippen MR) is 175 cm³/mol. The number of benzene rings is 3. The summed E-state index contributed by atoms with van der Waals surface area (Å²) in [6.45, 7) is 6.56. The molecule has 2 atom stereocenters. The van der Waals surface area contributed by atoms with Gasteiger partial charge in [-0.3, -0.25) is 0 Å². The highest BCUT2D eigenvalue weighted by atomic mass is 19.1. The quantitative estimate of drug-likeness (QED) is 0.306. The minimum Gasteiger partial charge on any atom is -0.338 e. The number of anilines is 1. The van der Waals surface area contributed by atoms with Gasteiger partial charge in [0.15, 0.2) is 0 Å². The maximum Gasteiger partial charge on any atom is 0.123 e. The van der Waals surface area contributed by atoms with Crippen LogP contribution in [0.3, 0.4) is 0 Å². The van der Waals surface area contributed by atoms with Crippen molar-refractivity contribution in [2.24, 2.45) is 0 Å². The lowest BCUT2D eigenvalue weighted by Gasteiger charge is -2.33. The van der Waals surface area contributed by atoms with E-state index in [1.807, 2.05) is 12.1 Å². The van der Waals surface area contributed by atoms with Gasteiger partial charge >= 0.3 is 0 Å². The summed E-state index contributed by atoms with van der Waals surface area (Å²) in [7, 11) is 0. The number of hydrogen-bond donors (Lipinski definition) is 0. The van der Waals surface area contributed by atoms with E-state index in [0.717, 1.165) is 43.5 Å². The van der Waals surface area contributed by atoms with Gasteiger partial charge in [0, 0.05) is 17.3 Å². The Kier molecular flexibility index (Phi) is 6.99. The molecule has 42 heavy (non-hydrogen) atoms. The van der Waals surface area contributed by atoms with Crippen molar-refractivity contribution in [3.63, 3.8) is 0 Å². The number of halogens is 1. The summed E-state index contributed by atoms with van der Waals surface area (Å²) < 4.78 is 14.0. The van der Waals surface area contributed by atoms with Crippen LogP contribution in [-0.4, -0.2) is 6.04 Å². The number of nitrogens with zero attached hydrogens (tertiary/aromatic N) is 1. The molecule has 208 valence electrons. The topological polar surface area (TPSA) is 3.24 Å². The van der Waals surface area contributed by atoms with Crippen molar-refractivity contribution in [1.29, 1.82) is 0 Å². The Balaban J connectivity index is 1.44. The van der Waals surface area contributed by atoms with E-state index in [9.17, 15) is 4.39 Å². The van der Waals surface area contributed by atoms with E-state index >= 15 is 0 Å². The fourth-order valence-corrected chi connectivity index (χ4v) is 7.43. The summed E-state index contributed by atoms with van der Waals surface area (Å²) in [5.41, 5.74) is 14.4. The van der Waals surface area contributed by atoms with Gasteiger partial charge in [0.05, 0.1) is 6.04 Å². The molecule has 0 aliphatic heterocycles. The Bertz CT molecular complexity index is 1740. The van der Waals surface area contributed by atoms with Crippen LogP contribution < -0.4 is 4.90 Å². The summed E-state index contributed by atoms with van der Waals surface area (Å²) in [5.74, 6) is 0.229. The van der Waals surface area contributed by atoms with E-state index in [4.69, 9.17) is 0 Å². The largest absolute Gasteiger partial charge is 0.338 e. The molecular formula is C40H36FN. The minimum atomic E-state index is -0.218. The van der Waals surface area contributed by atoms with Crippen LogP contribution in [0.15, 0.2) is 139 Å². The number of fused-ring (bicyclic) bond motifs is 3. The SMILES string of the molecule is C=C/C1=C(\C=C(/C)N(c2ccc(F)cc2)C2C=CC=CCC2)Cc2ccccc2C2=C3Cc4c1cccc4C3CC=C2. The molecule has 0 saturated heterocycles.